The summed E-state index contributed by atoms with van der Waals surface area (Å²) in [5.74, 6) is 0.375. The van der Waals surface area contributed by atoms with Gasteiger partial charge in [0, 0.05) is 7.05 Å². The minimum Gasteiger partial charge on any atom is -0.270 e. The van der Waals surface area contributed by atoms with Crippen LogP contribution in [-0.2, 0) is 11.8 Å². The van der Waals surface area contributed by atoms with Crippen LogP contribution in [0.2, 0.25) is 0 Å². The van der Waals surface area contributed by atoms with Gasteiger partial charge in [-0.05, 0) is 22.9 Å². The van der Waals surface area contributed by atoms with Gasteiger partial charge in [-0.1, -0.05) is 0 Å². The summed E-state index contributed by atoms with van der Waals surface area (Å²) in [5.41, 5.74) is 0.930. The average Bonchev–Trinajstić information content (AvgIpc) is 2.19. The first-order valence-electron chi connectivity index (χ1n) is 2.93. The van der Waals surface area contributed by atoms with Gasteiger partial charge in [-0.2, -0.15) is 5.10 Å². The van der Waals surface area contributed by atoms with Gasteiger partial charge in [0.2, 0.25) is 11.9 Å². The second-order valence-electron chi connectivity index (χ2n) is 2.05. The number of aryl methyl sites for hydroxylation is 1. The Kier molecular flexibility index (Phi) is 2.22. The summed E-state index contributed by atoms with van der Waals surface area (Å²) in [5, 5.41) is 3.94. The highest BCUT2D eigenvalue weighted by Crippen LogP contribution is 2.26. The van der Waals surface area contributed by atoms with Crippen molar-refractivity contribution in [2.45, 2.75) is 6.92 Å². The van der Waals surface area contributed by atoms with Crippen LogP contribution in [-0.4, -0.2) is 15.9 Å². The second kappa shape index (κ2) is 2.98. The maximum absolute atomic E-state index is 9.89. The fraction of sp³-hybridized carbons (Fsp3) is 0.333. The van der Waals surface area contributed by atoms with Gasteiger partial charge in [-0.15, -0.1) is 4.99 Å². The number of carbonyl (C=O) groups excluding carboxylic acids is 1. The van der Waals surface area contributed by atoms with Crippen molar-refractivity contribution >= 4 is 27.8 Å². The fourth-order valence-corrected chi connectivity index (χ4v) is 1.10. The lowest BCUT2D eigenvalue weighted by molar-refractivity contribution is 0.565. The van der Waals surface area contributed by atoms with Gasteiger partial charge in [-0.3, -0.25) is 4.68 Å². The molecular formula is C6H6BrN3O. The molecule has 0 aromatic carbocycles. The molecule has 0 saturated carbocycles. The molecule has 5 heteroatoms. The maximum Gasteiger partial charge on any atom is 0.242 e. The largest absolute Gasteiger partial charge is 0.270 e. The van der Waals surface area contributed by atoms with Crippen molar-refractivity contribution in [3.63, 3.8) is 0 Å². The highest BCUT2D eigenvalue weighted by atomic mass is 79.9. The highest BCUT2D eigenvalue weighted by molar-refractivity contribution is 9.10. The van der Waals surface area contributed by atoms with E-state index >= 15 is 0 Å². The van der Waals surface area contributed by atoms with E-state index in [0.29, 0.717) is 5.82 Å². The van der Waals surface area contributed by atoms with Crippen LogP contribution in [0.25, 0.3) is 0 Å². The van der Waals surface area contributed by atoms with Crippen molar-refractivity contribution < 1.29 is 4.79 Å². The predicted molar refractivity (Wildman–Crippen MR) is 43.4 cm³/mol. The minimum atomic E-state index is 0.375. The highest BCUT2D eigenvalue weighted by Gasteiger charge is 2.07. The lowest BCUT2D eigenvalue weighted by Gasteiger charge is -1.89. The molecule has 1 aromatic heterocycles. The van der Waals surface area contributed by atoms with E-state index in [2.05, 4.69) is 26.0 Å². The van der Waals surface area contributed by atoms with Crippen LogP contribution in [0.3, 0.4) is 0 Å². The molecule has 0 aliphatic rings. The average molecular weight is 216 g/mol. The van der Waals surface area contributed by atoms with Crippen LogP contribution >= 0.6 is 15.9 Å². The Balaban J connectivity index is 3.29. The number of halogens is 1. The first-order chi connectivity index (χ1) is 5.16. The molecule has 0 saturated heterocycles. The molecule has 0 spiro atoms. The number of hydrogen-bond acceptors (Lipinski definition) is 3. The topological polar surface area (TPSA) is 47.2 Å². The molecule has 4 nitrogen and oxygen atoms in total. The van der Waals surface area contributed by atoms with Gasteiger partial charge >= 0.3 is 0 Å². The molecule has 0 aliphatic heterocycles. The molecule has 0 N–H and O–H groups in total. The Bertz CT molecular complexity index is 325. The molecular weight excluding hydrogens is 210 g/mol. The zero-order valence-electron chi connectivity index (χ0n) is 6.13. The third-order valence-electron chi connectivity index (χ3n) is 1.40. The SMILES string of the molecule is Cc1c(Br)c(N=C=O)nn1C. The number of rotatable bonds is 1. The summed E-state index contributed by atoms with van der Waals surface area (Å²) in [7, 11) is 1.78. The van der Waals surface area contributed by atoms with Crippen molar-refractivity contribution in [2.24, 2.45) is 12.0 Å². The number of aromatic nitrogens is 2. The summed E-state index contributed by atoms with van der Waals surface area (Å²) >= 11 is 3.25. The van der Waals surface area contributed by atoms with Crippen LogP contribution in [0.15, 0.2) is 9.47 Å². The molecule has 1 aromatic rings. The van der Waals surface area contributed by atoms with Gasteiger partial charge in [-0.25, -0.2) is 4.79 Å². The number of isocyanates is 1. The van der Waals surface area contributed by atoms with Crippen LogP contribution < -0.4 is 0 Å². The number of nitrogens with zero attached hydrogens (tertiary/aromatic N) is 3. The van der Waals surface area contributed by atoms with E-state index in [0.717, 1.165) is 10.2 Å². The molecule has 0 bridgehead atoms. The van der Waals surface area contributed by atoms with Gasteiger partial charge in [0.15, 0.2) is 0 Å². The van der Waals surface area contributed by atoms with Crippen LogP contribution in [0.5, 0.6) is 0 Å². The van der Waals surface area contributed by atoms with E-state index in [9.17, 15) is 4.79 Å². The van der Waals surface area contributed by atoms with Gasteiger partial charge in [0.05, 0.1) is 10.2 Å². The van der Waals surface area contributed by atoms with E-state index < -0.39 is 0 Å². The number of hydrogen-bond donors (Lipinski definition) is 0. The zero-order chi connectivity index (χ0) is 8.43. The standard InChI is InChI=1S/C6H6BrN3O/c1-4-5(7)6(8-3-11)9-10(4)2/h1-2H3. The second-order valence-corrected chi connectivity index (χ2v) is 2.84. The number of aliphatic imine (C=N–C) groups is 1. The summed E-state index contributed by atoms with van der Waals surface area (Å²) < 4.78 is 2.38. The summed E-state index contributed by atoms with van der Waals surface area (Å²) in [4.78, 5) is 13.3. The Morgan fingerprint density at radius 2 is 2.36 bits per heavy atom. The van der Waals surface area contributed by atoms with Gasteiger partial charge in [0.25, 0.3) is 0 Å². The first kappa shape index (κ1) is 8.17. The molecule has 1 rings (SSSR count). The van der Waals surface area contributed by atoms with Crippen molar-refractivity contribution in [2.75, 3.05) is 0 Å². The van der Waals surface area contributed by atoms with Crippen molar-refractivity contribution in [3.8, 4) is 0 Å². The van der Waals surface area contributed by atoms with Crippen molar-refractivity contribution in [3.05, 3.63) is 10.2 Å². The van der Waals surface area contributed by atoms with E-state index in [1.165, 1.54) is 6.08 Å². The molecule has 0 fully saturated rings. The van der Waals surface area contributed by atoms with E-state index in [4.69, 9.17) is 0 Å². The molecule has 0 amide bonds. The van der Waals surface area contributed by atoms with Crippen molar-refractivity contribution in [1.82, 2.24) is 9.78 Å². The van der Waals surface area contributed by atoms with E-state index in [1.807, 2.05) is 6.92 Å². The molecule has 0 aliphatic carbocycles. The summed E-state index contributed by atoms with van der Waals surface area (Å²) in [6.45, 7) is 1.88. The van der Waals surface area contributed by atoms with Crippen LogP contribution in [0.4, 0.5) is 5.82 Å². The molecule has 11 heavy (non-hydrogen) atoms. The summed E-state index contributed by atoms with van der Waals surface area (Å²) in [6.07, 6.45) is 1.43. The third kappa shape index (κ3) is 1.39. The Morgan fingerprint density at radius 3 is 2.73 bits per heavy atom. The van der Waals surface area contributed by atoms with E-state index in [-0.39, 0.29) is 0 Å². The van der Waals surface area contributed by atoms with Gasteiger partial charge in [0.1, 0.15) is 0 Å². The monoisotopic (exact) mass is 215 g/mol. The predicted octanol–water partition coefficient (Wildman–Crippen LogP) is 1.46. The molecule has 0 unspecified atom stereocenters. The fourth-order valence-electron chi connectivity index (χ4n) is 0.680. The third-order valence-corrected chi connectivity index (χ3v) is 2.32. The van der Waals surface area contributed by atoms with E-state index in [1.54, 1.807) is 11.7 Å². The minimum absolute atomic E-state index is 0.375. The quantitative estimate of drug-likeness (QED) is 0.526. The molecule has 0 atom stereocenters. The van der Waals surface area contributed by atoms with Gasteiger partial charge < -0.3 is 0 Å². The maximum atomic E-state index is 9.89. The molecule has 58 valence electrons. The Morgan fingerprint density at radius 1 is 1.73 bits per heavy atom. The van der Waals surface area contributed by atoms with Crippen LogP contribution in [0.1, 0.15) is 5.69 Å². The zero-order valence-corrected chi connectivity index (χ0v) is 7.71. The molecule has 1 heterocycles. The Labute approximate surface area is 72.1 Å². The van der Waals surface area contributed by atoms with Crippen LogP contribution in [0, 0.1) is 6.92 Å². The molecule has 0 radical (unpaired) electrons. The summed E-state index contributed by atoms with van der Waals surface area (Å²) in [6, 6.07) is 0. The lowest BCUT2D eigenvalue weighted by Crippen LogP contribution is -1.91. The lowest BCUT2D eigenvalue weighted by atomic mass is 10.5. The Hall–Kier alpha value is -0.930. The first-order valence-corrected chi connectivity index (χ1v) is 3.73. The van der Waals surface area contributed by atoms with Crippen molar-refractivity contribution in [1.29, 1.82) is 0 Å². The smallest absolute Gasteiger partial charge is 0.242 e. The normalized spacial score (nSPS) is 9.36.